The zero-order chi connectivity index (χ0) is 16.8. The Hall–Kier alpha value is -2.05. The number of nitrogens with zero attached hydrogens (tertiary/aromatic N) is 1. The molecule has 0 radical (unpaired) electrons. The Balaban J connectivity index is 2.20. The summed E-state index contributed by atoms with van der Waals surface area (Å²) in [5, 5.41) is 11.1. The molecular weight excluding hydrogens is 386 g/mol. The van der Waals surface area contributed by atoms with E-state index < -0.39 is 4.92 Å². The molecule has 5 nitrogen and oxygen atoms in total. The minimum atomic E-state index is -0.522. The first-order chi connectivity index (χ1) is 11.0. The lowest BCUT2D eigenvalue weighted by Gasteiger charge is -2.13. The molecule has 0 atom stereocenters. The second-order valence-corrected chi connectivity index (χ2v) is 5.84. The average Bonchev–Trinajstić information content (AvgIpc) is 2.53. The molecule has 0 fully saturated rings. The highest BCUT2D eigenvalue weighted by molar-refractivity contribution is 9.10. The smallest absolute Gasteiger partial charge is 0.235 e. The molecule has 0 heterocycles. The third-order valence-electron chi connectivity index (χ3n) is 2.94. The van der Waals surface area contributed by atoms with Crippen molar-refractivity contribution in [2.45, 2.75) is 6.61 Å². The first-order valence-corrected chi connectivity index (χ1v) is 7.73. The minimum Gasteiger partial charge on any atom is -0.493 e. The van der Waals surface area contributed by atoms with Gasteiger partial charge in [0.1, 0.15) is 6.61 Å². The Kier molecular flexibility index (Phi) is 6.01. The largest absolute Gasteiger partial charge is 0.493 e. The molecule has 0 saturated heterocycles. The van der Waals surface area contributed by atoms with Crippen molar-refractivity contribution in [2.24, 2.45) is 0 Å². The predicted molar refractivity (Wildman–Crippen MR) is 92.5 cm³/mol. The van der Waals surface area contributed by atoms with E-state index in [1.807, 2.05) is 12.1 Å². The predicted octanol–water partition coefficient (Wildman–Crippen LogP) is 4.94. The van der Waals surface area contributed by atoms with Crippen LogP contribution in [0, 0.1) is 10.1 Å². The molecule has 2 rings (SSSR count). The third-order valence-corrected chi connectivity index (χ3v) is 3.78. The van der Waals surface area contributed by atoms with Crippen molar-refractivity contribution in [1.82, 2.24) is 0 Å². The summed E-state index contributed by atoms with van der Waals surface area (Å²) >= 11 is 9.25. The average molecular weight is 399 g/mol. The number of hydrogen-bond acceptors (Lipinski definition) is 4. The van der Waals surface area contributed by atoms with Gasteiger partial charge >= 0.3 is 0 Å². The molecule has 2 aromatic carbocycles. The Morgan fingerprint density at radius 2 is 2.00 bits per heavy atom. The second-order valence-electron chi connectivity index (χ2n) is 4.55. The van der Waals surface area contributed by atoms with E-state index in [1.54, 1.807) is 24.3 Å². The van der Waals surface area contributed by atoms with Crippen molar-refractivity contribution in [2.75, 3.05) is 7.11 Å². The maximum absolute atomic E-state index is 10.4. The van der Waals surface area contributed by atoms with Crippen LogP contribution >= 0.6 is 27.5 Å². The number of halogens is 2. The van der Waals surface area contributed by atoms with Gasteiger partial charge in [-0.15, -0.1) is 0 Å². The van der Waals surface area contributed by atoms with Gasteiger partial charge in [0.25, 0.3) is 0 Å². The van der Waals surface area contributed by atoms with Gasteiger partial charge in [0.15, 0.2) is 11.5 Å². The van der Waals surface area contributed by atoms with Crippen LogP contribution in [0.1, 0.15) is 11.1 Å². The maximum Gasteiger partial charge on any atom is 0.235 e. The number of hydrogen-bond donors (Lipinski definition) is 0. The van der Waals surface area contributed by atoms with Gasteiger partial charge < -0.3 is 9.47 Å². The van der Waals surface area contributed by atoms with Crippen molar-refractivity contribution in [3.8, 4) is 11.5 Å². The lowest BCUT2D eigenvalue weighted by molar-refractivity contribution is -0.400. The molecule has 0 bridgehead atoms. The van der Waals surface area contributed by atoms with Crippen LogP contribution in [0.15, 0.2) is 47.1 Å². The summed E-state index contributed by atoms with van der Waals surface area (Å²) < 4.78 is 11.7. The van der Waals surface area contributed by atoms with Crippen molar-refractivity contribution in [1.29, 1.82) is 0 Å². The summed E-state index contributed by atoms with van der Waals surface area (Å²) in [7, 11) is 1.51. The SMILES string of the molecule is COc1cc(/C=C\[N+](=O)[O-])cc(Br)c1OCc1ccc(Cl)cc1. The molecule has 7 heteroatoms. The summed E-state index contributed by atoms with van der Waals surface area (Å²) in [5.41, 5.74) is 1.59. The molecule has 0 aliphatic heterocycles. The Morgan fingerprint density at radius 3 is 2.61 bits per heavy atom. The quantitative estimate of drug-likeness (QED) is 0.511. The summed E-state index contributed by atoms with van der Waals surface area (Å²) in [5.74, 6) is 1.01. The molecule has 0 aliphatic rings. The molecule has 23 heavy (non-hydrogen) atoms. The number of rotatable bonds is 6. The van der Waals surface area contributed by atoms with E-state index in [2.05, 4.69) is 15.9 Å². The van der Waals surface area contributed by atoms with Crippen molar-refractivity contribution in [3.05, 3.63) is 73.3 Å². The molecule has 0 unspecified atom stereocenters. The molecule has 0 aromatic heterocycles. The van der Waals surface area contributed by atoms with Gasteiger partial charge in [0, 0.05) is 11.1 Å². The van der Waals surface area contributed by atoms with Crippen LogP contribution < -0.4 is 9.47 Å². The maximum atomic E-state index is 10.4. The van der Waals surface area contributed by atoms with Gasteiger partial charge in [-0.3, -0.25) is 10.1 Å². The van der Waals surface area contributed by atoms with Gasteiger partial charge in [-0.05, 0) is 51.3 Å². The number of nitro groups is 1. The summed E-state index contributed by atoms with van der Waals surface area (Å²) in [6.45, 7) is 0.343. The lowest BCUT2D eigenvalue weighted by Crippen LogP contribution is -1.99. The van der Waals surface area contributed by atoms with Gasteiger partial charge in [-0.2, -0.15) is 0 Å². The lowest BCUT2D eigenvalue weighted by atomic mass is 10.2. The van der Waals surface area contributed by atoms with Gasteiger partial charge in [-0.25, -0.2) is 0 Å². The zero-order valence-electron chi connectivity index (χ0n) is 12.2. The zero-order valence-corrected chi connectivity index (χ0v) is 14.5. The molecule has 120 valence electrons. The Labute approximate surface area is 146 Å². The summed E-state index contributed by atoms with van der Waals surface area (Å²) in [6, 6.07) is 10.7. The first-order valence-electron chi connectivity index (χ1n) is 6.56. The van der Waals surface area contributed by atoms with Gasteiger partial charge in [0.2, 0.25) is 6.20 Å². The fourth-order valence-corrected chi connectivity index (χ4v) is 2.56. The van der Waals surface area contributed by atoms with Crippen LogP contribution in [-0.4, -0.2) is 12.0 Å². The van der Waals surface area contributed by atoms with Gasteiger partial charge in [0.05, 0.1) is 16.5 Å². The Morgan fingerprint density at radius 1 is 1.30 bits per heavy atom. The molecule has 0 aliphatic carbocycles. The number of methoxy groups -OCH3 is 1. The van der Waals surface area contributed by atoms with Gasteiger partial charge in [-0.1, -0.05) is 23.7 Å². The third kappa shape index (κ3) is 4.97. The van der Waals surface area contributed by atoms with Crippen molar-refractivity contribution in [3.63, 3.8) is 0 Å². The minimum absolute atomic E-state index is 0.343. The fourth-order valence-electron chi connectivity index (χ4n) is 1.86. The highest BCUT2D eigenvalue weighted by Gasteiger charge is 2.11. The molecule has 2 aromatic rings. The van der Waals surface area contributed by atoms with Crippen LogP contribution in [0.25, 0.3) is 6.08 Å². The number of ether oxygens (including phenoxy) is 2. The van der Waals surface area contributed by atoms with Crippen molar-refractivity contribution >= 4 is 33.6 Å². The van der Waals surface area contributed by atoms with Crippen LogP contribution in [-0.2, 0) is 6.61 Å². The van der Waals surface area contributed by atoms with Crippen LogP contribution in [0.5, 0.6) is 11.5 Å². The normalized spacial score (nSPS) is 10.7. The molecule has 0 N–H and O–H groups in total. The Bertz CT molecular complexity index is 732. The van der Waals surface area contributed by atoms with E-state index in [0.29, 0.717) is 33.2 Å². The van der Waals surface area contributed by atoms with E-state index >= 15 is 0 Å². The molecule has 0 amide bonds. The fraction of sp³-hybridized carbons (Fsp3) is 0.125. The summed E-state index contributed by atoms with van der Waals surface area (Å²) in [6.07, 6.45) is 2.26. The first kappa shape index (κ1) is 17.3. The van der Waals surface area contributed by atoms with Crippen LogP contribution in [0.4, 0.5) is 0 Å². The second kappa shape index (κ2) is 7.99. The number of benzene rings is 2. The van der Waals surface area contributed by atoms with Crippen LogP contribution in [0.3, 0.4) is 0 Å². The van der Waals surface area contributed by atoms with E-state index in [-0.39, 0.29) is 0 Å². The topological polar surface area (TPSA) is 61.6 Å². The standard InChI is InChI=1S/C16H13BrClNO4/c1-22-15-9-12(6-7-19(20)21)8-14(17)16(15)23-10-11-2-4-13(18)5-3-11/h2-9H,10H2,1H3/b7-6-. The van der Waals surface area contributed by atoms with E-state index in [9.17, 15) is 10.1 Å². The van der Waals surface area contributed by atoms with Crippen LogP contribution in [0.2, 0.25) is 5.02 Å². The molecular formula is C16H13BrClNO4. The molecule has 0 spiro atoms. The highest BCUT2D eigenvalue weighted by atomic mass is 79.9. The van der Waals surface area contributed by atoms with E-state index in [1.165, 1.54) is 13.2 Å². The van der Waals surface area contributed by atoms with E-state index in [4.69, 9.17) is 21.1 Å². The molecule has 0 saturated carbocycles. The van der Waals surface area contributed by atoms with E-state index in [0.717, 1.165) is 11.8 Å². The highest BCUT2D eigenvalue weighted by Crippen LogP contribution is 2.37. The summed E-state index contributed by atoms with van der Waals surface area (Å²) in [4.78, 5) is 9.88. The monoisotopic (exact) mass is 397 g/mol. The van der Waals surface area contributed by atoms with Crippen molar-refractivity contribution < 1.29 is 14.4 Å².